The van der Waals surface area contributed by atoms with E-state index < -0.39 is 0 Å². The van der Waals surface area contributed by atoms with E-state index in [1.165, 1.54) is 16.9 Å². The van der Waals surface area contributed by atoms with Crippen LogP contribution in [0.5, 0.6) is 0 Å². The first-order valence-electron chi connectivity index (χ1n) is 9.57. The van der Waals surface area contributed by atoms with E-state index in [0.717, 1.165) is 31.6 Å². The van der Waals surface area contributed by atoms with Crippen molar-refractivity contribution in [3.05, 3.63) is 57.0 Å². The molecule has 2 aromatic heterocycles. The molecule has 7 heteroatoms. The van der Waals surface area contributed by atoms with Gasteiger partial charge in [0, 0.05) is 12.3 Å². The van der Waals surface area contributed by atoms with Gasteiger partial charge in [-0.2, -0.15) is 0 Å². The van der Waals surface area contributed by atoms with Gasteiger partial charge < -0.3 is 10.1 Å². The fourth-order valence-electron chi connectivity index (χ4n) is 3.53. The first kappa shape index (κ1) is 18.8. The number of rotatable bonds is 5. The molecule has 1 fully saturated rings. The molecule has 1 aliphatic rings. The van der Waals surface area contributed by atoms with Crippen molar-refractivity contribution in [1.82, 2.24) is 9.55 Å². The molecule has 1 aliphatic heterocycles. The summed E-state index contributed by atoms with van der Waals surface area (Å²) >= 11 is 1.26. The SMILES string of the molecule is CCc1ccc(NC(=O)c2sc3ncn(CC4CCCO4)c(=O)c3c2C)cc1. The van der Waals surface area contributed by atoms with E-state index in [1.807, 2.05) is 31.2 Å². The molecule has 1 amide bonds. The molecule has 146 valence electrons. The van der Waals surface area contributed by atoms with Crippen LogP contribution >= 0.6 is 11.3 Å². The molecule has 0 saturated carbocycles. The number of fused-ring (bicyclic) bond motifs is 1. The van der Waals surface area contributed by atoms with Gasteiger partial charge >= 0.3 is 0 Å². The Morgan fingerprint density at radius 1 is 1.36 bits per heavy atom. The number of thiophene rings is 1. The predicted molar refractivity (Wildman–Crippen MR) is 111 cm³/mol. The minimum atomic E-state index is -0.213. The highest BCUT2D eigenvalue weighted by Crippen LogP contribution is 2.28. The molecule has 6 nitrogen and oxygen atoms in total. The lowest BCUT2D eigenvalue weighted by atomic mass is 10.1. The Morgan fingerprint density at radius 2 is 2.14 bits per heavy atom. The molecule has 1 aromatic carbocycles. The zero-order chi connectivity index (χ0) is 19.7. The van der Waals surface area contributed by atoms with Crippen LogP contribution in [0.4, 0.5) is 5.69 Å². The molecule has 0 bridgehead atoms. The van der Waals surface area contributed by atoms with Crippen molar-refractivity contribution < 1.29 is 9.53 Å². The summed E-state index contributed by atoms with van der Waals surface area (Å²) in [4.78, 5) is 31.3. The van der Waals surface area contributed by atoms with Crippen molar-refractivity contribution in [2.45, 2.75) is 45.8 Å². The Labute approximate surface area is 167 Å². The van der Waals surface area contributed by atoms with Gasteiger partial charge in [-0.15, -0.1) is 11.3 Å². The molecule has 1 N–H and O–H groups in total. The summed E-state index contributed by atoms with van der Waals surface area (Å²) in [7, 11) is 0. The summed E-state index contributed by atoms with van der Waals surface area (Å²) in [6.07, 6.45) is 4.55. The number of aryl methyl sites for hydroxylation is 2. The topological polar surface area (TPSA) is 73.2 Å². The third-order valence-corrected chi connectivity index (χ3v) is 6.37. The van der Waals surface area contributed by atoms with Gasteiger partial charge in [0.05, 0.1) is 29.2 Å². The number of nitrogens with zero attached hydrogens (tertiary/aromatic N) is 2. The standard InChI is InChI=1S/C21H23N3O3S/c1-3-14-6-8-15(9-7-14)23-19(25)18-13(2)17-20(28-18)22-12-24(21(17)26)11-16-5-4-10-27-16/h6-9,12,16H,3-5,10-11H2,1-2H3,(H,23,25). The van der Waals surface area contributed by atoms with Crippen LogP contribution in [0.15, 0.2) is 35.4 Å². The lowest BCUT2D eigenvalue weighted by Crippen LogP contribution is -2.26. The quantitative estimate of drug-likeness (QED) is 0.711. The number of anilines is 1. The number of carbonyl (C=O) groups is 1. The van der Waals surface area contributed by atoms with Crippen LogP contribution in [0.25, 0.3) is 10.2 Å². The van der Waals surface area contributed by atoms with Crippen LogP contribution in [0.3, 0.4) is 0 Å². The van der Waals surface area contributed by atoms with Crippen LogP contribution in [-0.4, -0.2) is 28.2 Å². The summed E-state index contributed by atoms with van der Waals surface area (Å²) in [5.41, 5.74) is 2.53. The molecule has 28 heavy (non-hydrogen) atoms. The summed E-state index contributed by atoms with van der Waals surface area (Å²) < 4.78 is 7.23. The smallest absolute Gasteiger partial charge is 0.266 e. The first-order valence-corrected chi connectivity index (χ1v) is 10.4. The minimum absolute atomic E-state index is 0.0600. The molecular formula is C21H23N3O3S. The number of nitrogens with one attached hydrogen (secondary N) is 1. The van der Waals surface area contributed by atoms with E-state index in [-0.39, 0.29) is 17.6 Å². The number of carbonyl (C=O) groups excluding carboxylic acids is 1. The second-order valence-corrected chi connectivity index (χ2v) is 8.08. The summed E-state index contributed by atoms with van der Waals surface area (Å²) in [5.74, 6) is -0.213. The van der Waals surface area contributed by atoms with Crippen molar-refractivity contribution in [2.75, 3.05) is 11.9 Å². The normalized spacial score (nSPS) is 16.6. The third kappa shape index (κ3) is 3.59. The van der Waals surface area contributed by atoms with Crippen LogP contribution in [0.2, 0.25) is 0 Å². The van der Waals surface area contributed by atoms with E-state index >= 15 is 0 Å². The highest BCUT2D eigenvalue weighted by molar-refractivity contribution is 7.20. The second-order valence-electron chi connectivity index (χ2n) is 7.08. The minimum Gasteiger partial charge on any atom is -0.376 e. The van der Waals surface area contributed by atoms with Crippen LogP contribution in [-0.2, 0) is 17.7 Å². The third-order valence-electron chi connectivity index (χ3n) is 5.17. The number of ether oxygens (including phenoxy) is 1. The second kappa shape index (κ2) is 7.85. The Bertz CT molecular complexity index is 1060. The maximum atomic E-state index is 12.9. The van der Waals surface area contributed by atoms with Gasteiger partial charge in [0.25, 0.3) is 11.5 Å². The highest BCUT2D eigenvalue weighted by Gasteiger charge is 2.22. The summed E-state index contributed by atoms with van der Waals surface area (Å²) in [5, 5.41) is 3.44. The zero-order valence-corrected chi connectivity index (χ0v) is 16.8. The number of benzene rings is 1. The number of aromatic nitrogens is 2. The Hall–Kier alpha value is -2.51. The number of hydrogen-bond donors (Lipinski definition) is 1. The Kier molecular flexibility index (Phi) is 5.28. The van der Waals surface area contributed by atoms with Crippen molar-refractivity contribution in [2.24, 2.45) is 0 Å². The van der Waals surface area contributed by atoms with E-state index in [9.17, 15) is 9.59 Å². The predicted octanol–water partition coefficient (Wildman–Crippen LogP) is 3.76. The van der Waals surface area contributed by atoms with Gasteiger partial charge in [-0.1, -0.05) is 19.1 Å². The Balaban J connectivity index is 1.62. The number of amides is 1. The molecule has 1 unspecified atom stereocenters. The fraction of sp³-hybridized carbons (Fsp3) is 0.381. The fourth-order valence-corrected chi connectivity index (χ4v) is 4.56. The van der Waals surface area contributed by atoms with Gasteiger partial charge in [0.15, 0.2) is 0 Å². The maximum absolute atomic E-state index is 12.9. The lowest BCUT2D eigenvalue weighted by Gasteiger charge is -2.11. The van der Waals surface area contributed by atoms with Crippen LogP contribution in [0, 0.1) is 6.92 Å². The van der Waals surface area contributed by atoms with Gasteiger partial charge in [-0.25, -0.2) is 4.98 Å². The molecule has 3 aromatic rings. The Morgan fingerprint density at radius 3 is 2.82 bits per heavy atom. The van der Waals surface area contributed by atoms with Crippen LogP contribution in [0.1, 0.15) is 40.6 Å². The maximum Gasteiger partial charge on any atom is 0.266 e. The van der Waals surface area contributed by atoms with Crippen molar-refractivity contribution >= 4 is 33.1 Å². The van der Waals surface area contributed by atoms with E-state index in [1.54, 1.807) is 10.9 Å². The zero-order valence-electron chi connectivity index (χ0n) is 16.0. The monoisotopic (exact) mass is 397 g/mol. The highest BCUT2D eigenvalue weighted by atomic mass is 32.1. The molecule has 3 heterocycles. The van der Waals surface area contributed by atoms with Crippen molar-refractivity contribution in [1.29, 1.82) is 0 Å². The molecule has 4 rings (SSSR count). The average molecular weight is 398 g/mol. The molecule has 1 saturated heterocycles. The van der Waals surface area contributed by atoms with E-state index in [0.29, 0.717) is 27.2 Å². The van der Waals surface area contributed by atoms with E-state index in [4.69, 9.17) is 4.74 Å². The molecule has 0 radical (unpaired) electrons. The molecule has 1 atom stereocenters. The first-order chi connectivity index (χ1) is 13.6. The largest absolute Gasteiger partial charge is 0.376 e. The van der Waals surface area contributed by atoms with Gasteiger partial charge in [0.2, 0.25) is 0 Å². The van der Waals surface area contributed by atoms with Crippen LogP contribution < -0.4 is 10.9 Å². The van der Waals surface area contributed by atoms with Gasteiger partial charge in [-0.05, 0) is 49.4 Å². The number of hydrogen-bond acceptors (Lipinski definition) is 5. The lowest BCUT2D eigenvalue weighted by molar-refractivity contribution is 0.0960. The summed E-state index contributed by atoms with van der Waals surface area (Å²) in [6.45, 7) is 5.15. The average Bonchev–Trinajstić information content (AvgIpc) is 3.33. The molecule has 0 spiro atoms. The van der Waals surface area contributed by atoms with Gasteiger partial charge in [-0.3, -0.25) is 14.2 Å². The summed E-state index contributed by atoms with van der Waals surface area (Å²) in [6, 6.07) is 7.79. The molecular weight excluding hydrogens is 374 g/mol. The molecule has 0 aliphatic carbocycles. The van der Waals surface area contributed by atoms with Gasteiger partial charge in [0.1, 0.15) is 4.83 Å². The van der Waals surface area contributed by atoms with Crippen molar-refractivity contribution in [3.63, 3.8) is 0 Å². The van der Waals surface area contributed by atoms with Crippen molar-refractivity contribution in [3.8, 4) is 0 Å². The van der Waals surface area contributed by atoms with E-state index in [2.05, 4.69) is 17.2 Å².